The van der Waals surface area contributed by atoms with E-state index in [-0.39, 0.29) is 13.0 Å². The lowest BCUT2D eigenvalue weighted by Crippen LogP contribution is -2.12. The highest BCUT2D eigenvalue weighted by Crippen LogP contribution is 2.22. The molecule has 0 spiro atoms. The molecule has 2 N–H and O–H groups in total. The van der Waals surface area contributed by atoms with Crippen LogP contribution in [-0.4, -0.2) is 29.7 Å². The van der Waals surface area contributed by atoms with Crippen molar-refractivity contribution in [3.8, 4) is 0 Å². The Balaban J connectivity index is 2.47. The van der Waals surface area contributed by atoms with Gasteiger partial charge in [0, 0.05) is 25.6 Å². The van der Waals surface area contributed by atoms with Gasteiger partial charge in [0.2, 0.25) is 0 Å². The van der Waals surface area contributed by atoms with E-state index < -0.39 is 12.6 Å². The Morgan fingerprint density at radius 3 is 2.47 bits per heavy atom. The van der Waals surface area contributed by atoms with Crippen molar-refractivity contribution in [3.63, 3.8) is 0 Å². The third kappa shape index (κ3) is 4.46. The van der Waals surface area contributed by atoms with Crippen molar-refractivity contribution in [2.24, 2.45) is 0 Å². The fourth-order valence-corrected chi connectivity index (χ4v) is 1.38. The normalized spacial score (nSPS) is 11.4. The molecule has 1 aromatic rings. The molecule has 0 unspecified atom stereocenters. The van der Waals surface area contributed by atoms with Gasteiger partial charge in [-0.05, 0) is 13.3 Å². The van der Waals surface area contributed by atoms with Crippen LogP contribution in [0.3, 0.4) is 0 Å². The molecule has 7 heteroatoms. The van der Waals surface area contributed by atoms with Crippen molar-refractivity contribution in [3.05, 3.63) is 11.9 Å². The Labute approximate surface area is 97.7 Å². The highest BCUT2D eigenvalue weighted by Gasteiger charge is 2.25. The SMILES string of the molecule is CNc1ncnc(NCCCC(F)(F)F)c1C. The predicted molar refractivity (Wildman–Crippen MR) is 60.1 cm³/mol. The van der Waals surface area contributed by atoms with Crippen molar-refractivity contribution in [2.45, 2.75) is 25.9 Å². The Bertz CT molecular complexity index is 365. The predicted octanol–water partition coefficient (Wildman–Crippen LogP) is 2.58. The van der Waals surface area contributed by atoms with Crippen LogP contribution >= 0.6 is 0 Å². The quantitative estimate of drug-likeness (QED) is 0.786. The summed E-state index contributed by atoms with van der Waals surface area (Å²) >= 11 is 0. The van der Waals surface area contributed by atoms with Gasteiger partial charge in [-0.3, -0.25) is 0 Å². The summed E-state index contributed by atoms with van der Waals surface area (Å²) in [4.78, 5) is 7.96. The Hall–Kier alpha value is -1.53. The topological polar surface area (TPSA) is 49.8 Å². The average molecular weight is 248 g/mol. The summed E-state index contributed by atoms with van der Waals surface area (Å²) < 4.78 is 35.7. The Morgan fingerprint density at radius 1 is 1.24 bits per heavy atom. The third-order valence-corrected chi connectivity index (χ3v) is 2.25. The molecule has 0 aliphatic heterocycles. The molecule has 0 amide bonds. The fourth-order valence-electron chi connectivity index (χ4n) is 1.38. The maximum Gasteiger partial charge on any atom is 0.389 e. The average Bonchev–Trinajstić information content (AvgIpc) is 2.25. The van der Waals surface area contributed by atoms with Crippen LogP contribution in [0.15, 0.2) is 6.33 Å². The van der Waals surface area contributed by atoms with Crippen LogP contribution < -0.4 is 10.6 Å². The summed E-state index contributed by atoms with van der Waals surface area (Å²) in [6.45, 7) is 2.04. The number of rotatable bonds is 5. The van der Waals surface area contributed by atoms with E-state index in [4.69, 9.17) is 0 Å². The van der Waals surface area contributed by atoms with Gasteiger partial charge < -0.3 is 10.6 Å². The Kier molecular flexibility index (Phi) is 4.53. The van der Waals surface area contributed by atoms with Crippen LogP contribution in [0.5, 0.6) is 0 Å². The number of anilines is 2. The maximum atomic E-state index is 11.9. The minimum atomic E-state index is -4.10. The van der Waals surface area contributed by atoms with Crippen molar-refractivity contribution < 1.29 is 13.2 Å². The molecule has 0 atom stereocenters. The highest BCUT2D eigenvalue weighted by molar-refractivity contribution is 5.55. The second-order valence-electron chi connectivity index (χ2n) is 3.59. The molecule has 96 valence electrons. The van der Waals surface area contributed by atoms with E-state index in [1.165, 1.54) is 6.33 Å². The van der Waals surface area contributed by atoms with Crippen LogP contribution in [0.25, 0.3) is 0 Å². The van der Waals surface area contributed by atoms with Crippen LogP contribution in [0.1, 0.15) is 18.4 Å². The lowest BCUT2D eigenvalue weighted by Gasteiger charge is -2.11. The molecular weight excluding hydrogens is 233 g/mol. The fraction of sp³-hybridized carbons (Fsp3) is 0.600. The smallest absolute Gasteiger partial charge is 0.373 e. The highest BCUT2D eigenvalue weighted by atomic mass is 19.4. The summed E-state index contributed by atoms with van der Waals surface area (Å²) in [7, 11) is 1.72. The third-order valence-electron chi connectivity index (χ3n) is 2.25. The molecule has 0 aromatic carbocycles. The molecule has 0 radical (unpaired) electrons. The van der Waals surface area contributed by atoms with Crippen molar-refractivity contribution in [1.82, 2.24) is 9.97 Å². The maximum absolute atomic E-state index is 11.9. The second-order valence-corrected chi connectivity index (χ2v) is 3.59. The molecule has 1 aromatic heterocycles. The summed E-state index contributed by atoms with van der Waals surface area (Å²) in [5, 5.41) is 5.75. The van der Waals surface area contributed by atoms with Crippen molar-refractivity contribution in [2.75, 3.05) is 24.2 Å². The number of hydrogen-bond donors (Lipinski definition) is 2. The number of alkyl halides is 3. The first-order chi connectivity index (χ1) is 7.94. The molecule has 17 heavy (non-hydrogen) atoms. The lowest BCUT2D eigenvalue weighted by atomic mass is 10.2. The van der Waals surface area contributed by atoms with E-state index in [0.29, 0.717) is 11.6 Å². The van der Waals surface area contributed by atoms with Gasteiger partial charge in [-0.2, -0.15) is 13.2 Å². The summed E-state index contributed by atoms with van der Waals surface area (Å²) in [6.07, 6.45) is -3.49. The second kappa shape index (κ2) is 5.70. The molecule has 0 saturated heterocycles. The van der Waals surface area contributed by atoms with Gasteiger partial charge in [0.25, 0.3) is 0 Å². The van der Waals surface area contributed by atoms with E-state index in [0.717, 1.165) is 5.56 Å². The first-order valence-electron chi connectivity index (χ1n) is 5.24. The number of hydrogen-bond acceptors (Lipinski definition) is 4. The summed E-state index contributed by atoms with van der Waals surface area (Å²) in [6, 6.07) is 0. The number of nitrogens with one attached hydrogen (secondary N) is 2. The van der Waals surface area contributed by atoms with Gasteiger partial charge in [-0.1, -0.05) is 0 Å². The zero-order valence-corrected chi connectivity index (χ0v) is 9.73. The first-order valence-corrected chi connectivity index (χ1v) is 5.24. The lowest BCUT2D eigenvalue weighted by molar-refractivity contribution is -0.134. The first kappa shape index (κ1) is 13.5. The molecule has 0 aliphatic carbocycles. The van der Waals surface area contributed by atoms with Crippen LogP contribution in [-0.2, 0) is 0 Å². The number of halogens is 3. The Morgan fingerprint density at radius 2 is 1.88 bits per heavy atom. The molecule has 0 saturated carbocycles. The minimum absolute atomic E-state index is 0.0296. The van der Waals surface area contributed by atoms with Crippen molar-refractivity contribution >= 4 is 11.6 Å². The van der Waals surface area contributed by atoms with E-state index >= 15 is 0 Å². The van der Waals surface area contributed by atoms with Crippen LogP contribution in [0, 0.1) is 6.92 Å². The molecule has 0 bridgehead atoms. The van der Waals surface area contributed by atoms with Crippen LogP contribution in [0.2, 0.25) is 0 Å². The van der Waals surface area contributed by atoms with Gasteiger partial charge in [0.1, 0.15) is 18.0 Å². The number of nitrogens with zero attached hydrogens (tertiary/aromatic N) is 2. The minimum Gasteiger partial charge on any atom is -0.373 e. The zero-order valence-electron chi connectivity index (χ0n) is 9.73. The van der Waals surface area contributed by atoms with E-state index in [2.05, 4.69) is 20.6 Å². The summed E-state index contributed by atoms with van der Waals surface area (Å²) in [5.41, 5.74) is 0.794. The largest absolute Gasteiger partial charge is 0.389 e. The van der Waals surface area contributed by atoms with Gasteiger partial charge in [0.15, 0.2) is 0 Å². The van der Waals surface area contributed by atoms with Crippen LogP contribution in [0.4, 0.5) is 24.8 Å². The van der Waals surface area contributed by atoms with E-state index in [1.54, 1.807) is 14.0 Å². The van der Waals surface area contributed by atoms with E-state index in [9.17, 15) is 13.2 Å². The molecule has 0 fully saturated rings. The monoisotopic (exact) mass is 248 g/mol. The van der Waals surface area contributed by atoms with Gasteiger partial charge in [-0.15, -0.1) is 0 Å². The molecule has 1 rings (SSSR count). The molecular formula is C10H15F3N4. The van der Waals surface area contributed by atoms with Gasteiger partial charge in [0.05, 0.1) is 0 Å². The molecule has 1 heterocycles. The van der Waals surface area contributed by atoms with Gasteiger partial charge in [-0.25, -0.2) is 9.97 Å². The number of aromatic nitrogens is 2. The van der Waals surface area contributed by atoms with Gasteiger partial charge >= 0.3 is 6.18 Å². The zero-order chi connectivity index (χ0) is 12.9. The summed E-state index contributed by atoms with van der Waals surface area (Å²) in [5.74, 6) is 1.23. The molecule has 4 nitrogen and oxygen atoms in total. The van der Waals surface area contributed by atoms with Crippen molar-refractivity contribution in [1.29, 1.82) is 0 Å². The van der Waals surface area contributed by atoms with E-state index in [1.807, 2.05) is 0 Å². The molecule has 0 aliphatic rings. The standard InChI is InChI=1S/C10H15F3N4/c1-7-8(14-2)16-6-17-9(7)15-5-3-4-10(11,12)13/h6H,3-5H2,1-2H3,(H2,14,15,16,17).